The summed E-state index contributed by atoms with van der Waals surface area (Å²) < 4.78 is 1.95. The highest BCUT2D eigenvalue weighted by molar-refractivity contribution is 7.99. The fraction of sp³-hybridized carbons (Fsp3) is 0.375. The van der Waals surface area contributed by atoms with Gasteiger partial charge in [-0.2, -0.15) is 0 Å². The first kappa shape index (κ1) is 23.1. The average molecular weight is 489 g/mol. The van der Waals surface area contributed by atoms with E-state index < -0.39 is 0 Å². The SMILES string of the molecule is Cc1ccc(-n2c(SCC(=O)N3[C@H](C)CCC[C@H]3C)nnc2-c2ccc(Cl)cc2)cc1Cl. The van der Waals surface area contributed by atoms with Gasteiger partial charge >= 0.3 is 0 Å². The number of halogens is 2. The zero-order valence-corrected chi connectivity index (χ0v) is 20.7. The second-order valence-electron chi connectivity index (χ2n) is 8.30. The Kier molecular flexibility index (Phi) is 7.13. The Bertz CT molecular complexity index is 1110. The molecule has 2 heterocycles. The van der Waals surface area contributed by atoms with E-state index in [0.29, 0.717) is 26.8 Å². The van der Waals surface area contributed by atoms with Crippen LogP contribution in [0.4, 0.5) is 0 Å². The molecule has 2 atom stereocenters. The van der Waals surface area contributed by atoms with Crippen LogP contribution in [-0.4, -0.2) is 43.4 Å². The molecule has 0 saturated carbocycles. The average Bonchev–Trinajstić information content (AvgIpc) is 3.18. The van der Waals surface area contributed by atoms with Crippen LogP contribution in [0.25, 0.3) is 17.1 Å². The van der Waals surface area contributed by atoms with Crippen molar-refractivity contribution in [1.29, 1.82) is 0 Å². The van der Waals surface area contributed by atoms with E-state index in [-0.39, 0.29) is 18.0 Å². The predicted octanol–water partition coefficient (Wildman–Crippen LogP) is 6.43. The van der Waals surface area contributed by atoms with Crippen molar-refractivity contribution in [2.24, 2.45) is 0 Å². The van der Waals surface area contributed by atoms with Crippen molar-refractivity contribution in [2.45, 2.75) is 57.3 Å². The maximum Gasteiger partial charge on any atom is 0.233 e. The molecule has 5 nitrogen and oxygen atoms in total. The number of aromatic nitrogens is 3. The van der Waals surface area contributed by atoms with E-state index in [0.717, 1.165) is 29.7 Å². The molecule has 0 bridgehead atoms. The van der Waals surface area contributed by atoms with Crippen LogP contribution in [0.1, 0.15) is 38.7 Å². The van der Waals surface area contributed by atoms with Crippen LogP contribution in [0, 0.1) is 6.92 Å². The number of benzene rings is 2. The maximum absolute atomic E-state index is 13.1. The first-order chi connectivity index (χ1) is 15.3. The third-order valence-electron chi connectivity index (χ3n) is 5.96. The number of nitrogens with zero attached hydrogens (tertiary/aromatic N) is 4. The molecule has 0 aliphatic carbocycles. The Morgan fingerprint density at radius 1 is 1.06 bits per heavy atom. The van der Waals surface area contributed by atoms with Gasteiger partial charge in [-0.15, -0.1) is 10.2 Å². The normalized spacial score (nSPS) is 18.7. The summed E-state index contributed by atoms with van der Waals surface area (Å²) in [5.41, 5.74) is 2.73. The fourth-order valence-electron chi connectivity index (χ4n) is 4.22. The highest BCUT2D eigenvalue weighted by Gasteiger charge is 2.29. The van der Waals surface area contributed by atoms with Crippen LogP contribution in [0.5, 0.6) is 0 Å². The molecule has 1 amide bonds. The number of thioether (sulfide) groups is 1. The molecular formula is C24H26Cl2N4OS. The molecule has 0 radical (unpaired) electrons. The van der Waals surface area contributed by atoms with Gasteiger partial charge in [-0.05, 0) is 82.0 Å². The molecule has 4 rings (SSSR count). The van der Waals surface area contributed by atoms with E-state index in [4.69, 9.17) is 23.2 Å². The van der Waals surface area contributed by atoms with Gasteiger partial charge in [0, 0.05) is 27.7 Å². The zero-order valence-electron chi connectivity index (χ0n) is 18.4. The van der Waals surface area contributed by atoms with Crippen LogP contribution < -0.4 is 0 Å². The molecule has 0 unspecified atom stereocenters. The van der Waals surface area contributed by atoms with E-state index in [1.807, 2.05) is 58.9 Å². The molecule has 168 valence electrons. The van der Waals surface area contributed by atoms with Crippen molar-refractivity contribution in [3.63, 3.8) is 0 Å². The predicted molar refractivity (Wildman–Crippen MR) is 132 cm³/mol. The van der Waals surface area contributed by atoms with Crippen molar-refractivity contribution in [1.82, 2.24) is 19.7 Å². The van der Waals surface area contributed by atoms with Gasteiger partial charge in [-0.3, -0.25) is 9.36 Å². The number of aryl methyl sites for hydroxylation is 1. The molecule has 1 fully saturated rings. The summed E-state index contributed by atoms with van der Waals surface area (Å²) in [6.45, 7) is 6.23. The lowest BCUT2D eigenvalue weighted by Gasteiger charge is -2.39. The summed E-state index contributed by atoms with van der Waals surface area (Å²) in [4.78, 5) is 15.1. The molecule has 32 heavy (non-hydrogen) atoms. The van der Waals surface area contributed by atoms with E-state index in [9.17, 15) is 4.79 Å². The van der Waals surface area contributed by atoms with Crippen LogP contribution in [-0.2, 0) is 4.79 Å². The summed E-state index contributed by atoms with van der Waals surface area (Å²) in [7, 11) is 0. The monoisotopic (exact) mass is 488 g/mol. The van der Waals surface area contributed by atoms with E-state index in [1.165, 1.54) is 18.2 Å². The summed E-state index contributed by atoms with van der Waals surface area (Å²) >= 11 is 13.9. The molecule has 1 aromatic heterocycles. The first-order valence-corrected chi connectivity index (χ1v) is 12.5. The quantitative estimate of drug-likeness (QED) is 0.388. The van der Waals surface area contributed by atoms with Crippen molar-refractivity contribution in [3.8, 4) is 17.1 Å². The van der Waals surface area contributed by atoms with Crippen LogP contribution >= 0.6 is 35.0 Å². The largest absolute Gasteiger partial charge is 0.337 e. The molecule has 1 aliphatic heterocycles. The molecule has 0 spiro atoms. The van der Waals surface area contributed by atoms with Gasteiger partial charge in [0.2, 0.25) is 5.91 Å². The van der Waals surface area contributed by atoms with Crippen molar-refractivity contribution < 1.29 is 4.79 Å². The number of hydrogen-bond acceptors (Lipinski definition) is 4. The Balaban J connectivity index is 1.66. The second-order valence-corrected chi connectivity index (χ2v) is 10.1. The van der Waals surface area contributed by atoms with Crippen molar-refractivity contribution in [2.75, 3.05) is 5.75 Å². The number of carbonyl (C=O) groups excluding carboxylic acids is 1. The number of hydrogen-bond donors (Lipinski definition) is 0. The first-order valence-electron chi connectivity index (χ1n) is 10.8. The van der Waals surface area contributed by atoms with Gasteiger partial charge in [0.15, 0.2) is 11.0 Å². The van der Waals surface area contributed by atoms with E-state index >= 15 is 0 Å². The topological polar surface area (TPSA) is 51.0 Å². The number of amides is 1. The Morgan fingerprint density at radius 3 is 2.41 bits per heavy atom. The molecule has 2 aromatic carbocycles. The van der Waals surface area contributed by atoms with Crippen molar-refractivity contribution in [3.05, 3.63) is 58.1 Å². The lowest BCUT2D eigenvalue weighted by molar-refractivity contribution is -0.134. The van der Waals surface area contributed by atoms with Gasteiger partial charge in [0.05, 0.1) is 11.4 Å². The molecule has 0 N–H and O–H groups in total. The number of carbonyl (C=O) groups is 1. The summed E-state index contributed by atoms with van der Waals surface area (Å²) in [6, 6.07) is 13.9. The Morgan fingerprint density at radius 2 is 1.75 bits per heavy atom. The summed E-state index contributed by atoms with van der Waals surface area (Å²) in [5, 5.41) is 10.9. The minimum Gasteiger partial charge on any atom is -0.337 e. The number of likely N-dealkylation sites (tertiary alicyclic amines) is 1. The zero-order chi connectivity index (χ0) is 22.8. The van der Waals surface area contributed by atoms with Gasteiger partial charge in [0.25, 0.3) is 0 Å². The summed E-state index contributed by atoms with van der Waals surface area (Å²) in [6.07, 6.45) is 3.28. The van der Waals surface area contributed by atoms with Crippen molar-refractivity contribution >= 4 is 40.9 Å². The number of piperidine rings is 1. The third-order valence-corrected chi connectivity index (χ3v) is 7.53. The van der Waals surface area contributed by atoms with Gasteiger partial charge in [0.1, 0.15) is 0 Å². The molecule has 1 saturated heterocycles. The van der Waals surface area contributed by atoms with Crippen LogP contribution in [0.2, 0.25) is 10.0 Å². The standard InChI is InChI=1S/C24H26Cl2N4OS/c1-15-7-12-20(13-21(15)26)30-23(18-8-10-19(25)11-9-18)27-28-24(30)32-14-22(31)29-16(2)5-4-6-17(29)3/h7-13,16-17H,4-6,14H2,1-3H3/t16-,17-/m1/s1. The molecule has 1 aliphatic rings. The minimum absolute atomic E-state index is 0.138. The third kappa shape index (κ3) is 4.82. The van der Waals surface area contributed by atoms with Crippen LogP contribution in [0.3, 0.4) is 0 Å². The molecular weight excluding hydrogens is 463 g/mol. The van der Waals surface area contributed by atoms with Gasteiger partial charge in [-0.25, -0.2) is 0 Å². The van der Waals surface area contributed by atoms with E-state index in [1.54, 1.807) is 0 Å². The molecule has 3 aromatic rings. The number of rotatable bonds is 5. The summed E-state index contributed by atoms with van der Waals surface area (Å²) in [5.74, 6) is 1.13. The highest BCUT2D eigenvalue weighted by atomic mass is 35.5. The highest BCUT2D eigenvalue weighted by Crippen LogP contribution is 2.31. The minimum atomic E-state index is 0.138. The fourth-order valence-corrected chi connectivity index (χ4v) is 5.34. The van der Waals surface area contributed by atoms with Gasteiger partial charge < -0.3 is 4.90 Å². The lowest BCUT2D eigenvalue weighted by atomic mass is 9.98. The second kappa shape index (κ2) is 9.86. The van der Waals surface area contributed by atoms with Gasteiger partial charge in [-0.1, -0.05) is 41.0 Å². The lowest BCUT2D eigenvalue weighted by Crippen LogP contribution is -2.48. The Labute approximate surface area is 203 Å². The Hall–Kier alpha value is -2.02. The smallest absolute Gasteiger partial charge is 0.233 e. The van der Waals surface area contributed by atoms with Crippen LogP contribution in [0.15, 0.2) is 47.6 Å². The molecule has 8 heteroatoms. The van der Waals surface area contributed by atoms with E-state index in [2.05, 4.69) is 24.0 Å². The maximum atomic E-state index is 13.1.